The van der Waals surface area contributed by atoms with Gasteiger partial charge >= 0.3 is 0 Å². The second-order valence-electron chi connectivity index (χ2n) is 6.58. The number of aliphatic imine (C=N–C) groups is 1. The van der Waals surface area contributed by atoms with Gasteiger partial charge in [-0.25, -0.2) is 4.99 Å². The van der Waals surface area contributed by atoms with Gasteiger partial charge < -0.3 is 20.1 Å². The fraction of sp³-hybridized carbons (Fsp3) is 0.625. The Balaban J connectivity index is 0.00000529. The average molecular weight is 514 g/mol. The molecule has 0 atom stereocenters. The van der Waals surface area contributed by atoms with Crippen LogP contribution in [0.15, 0.2) is 21.7 Å². The molecule has 2 N–H and O–H groups in total. The van der Waals surface area contributed by atoms with E-state index in [0.717, 1.165) is 16.7 Å². The van der Waals surface area contributed by atoms with Crippen molar-refractivity contribution < 1.29 is 4.79 Å². The molecule has 1 aromatic rings. The molecular formula is C16H29BrIN5O. The van der Waals surface area contributed by atoms with Gasteiger partial charge in [0.05, 0.1) is 6.54 Å². The Morgan fingerprint density at radius 1 is 1.42 bits per heavy atom. The molecule has 1 heterocycles. The van der Waals surface area contributed by atoms with Gasteiger partial charge in [-0.1, -0.05) is 0 Å². The second-order valence-corrected chi connectivity index (χ2v) is 7.50. The van der Waals surface area contributed by atoms with E-state index in [1.54, 1.807) is 0 Å². The monoisotopic (exact) mass is 513 g/mol. The summed E-state index contributed by atoms with van der Waals surface area (Å²) < 4.78 is 3.12. The predicted octanol–water partition coefficient (Wildman–Crippen LogP) is 2.72. The number of halogens is 2. The number of rotatable bonds is 5. The summed E-state index contributed by atoms with van der Waals surface area (Å²) in [7, 11) is 3.97. The van der Waals surface area contributed by atoms with E-state index in [1.807, 2.05) is 52.9 Å². The highest BCUT2D eigenvalue weighted by Gasteiger charge is 2.14. The molecule has 0 fully saturated rings. The standard InChI is InChI=1S/C16H28BrN5O.HI/c1-7-18-15(19-9-14(23)20-16(2,3)4)22(6)11-13-8-12(17)10-21(13)5;/h8,10H,7,9,11H2,1-6H3,(H,18,19)(H,20,23);1H. The molecule has 0 unspecified atom stereocenters. The molecule has 0 bridgehead atoms. The van der Waals surface area contributed by atoms with E-state index in [-0.39, 0.29) is 42.0 Å². The van der Waals surface area contributed by atoms with Crippen molar-refractivity contribution in [2.75, 3.05) is 20.1 Å². The molecule has 0 aromatic carbocycles. The Bertz CT molecular complexity index is 565. The number of hydrogen-bond donors (Lipinski definition) is 2. The van der Waals surface area contributed by atoms with Gasteiger partial charge in [0.25, 0.3) is 0 Å². The maximum absolute atomic E-state index is 11.9. The number of nitrogens with one attached hydrogen (secondary N) is 2. The van der Waals surface area contributed by atoms with Gasteiger partial charge in [0.1, 0.15) is 6.54 Å². The molecule has 8 heteroatoms. The zero-order valence-electron chi connectivity index (χ0n) is 15.3. The van der Waals surface area contributed by atoms with Crippen molar-refractivity contribution in [3.63, 3.8) is 0 Å². The highest BCUT2D eigenvalue weighted by Crippen LogP contribution is 2.14. The van der Waals surface area contributed by atoms with Crippen molar-refractivity contribution in [3.05, 3.63) is 22.4 Å². The van der Waals surface area contributed by atoms with Crippen LogP contribution in [0.3, 0.4) is 0 Å². The number of carbonyl (C=O) groups excluding carboxylic acids is 1. The van der Waals surface area contributed by atoms with Gasteiger partial charge in [0.2, 0.25) is 5.91 Å². The largest absolute Gasteiger partial charge is 0.357 e. The lowest BCUT2D eigenvalue weighted by Gasteiger charge is -2.23. The van der Waals surface area contributed by atoms with Crippen LogP contribution in [0, 0.1) is 0 Å². The molecule has 6 nitrogen and oxygen atoms in total. The summed E-state index contributed by atoms with van der Waals surface area (Å²) in [6.07, 6.45) is 2.02. The lowest BCUT2D eigenvalue weighted by Crippen LogP contribution is -2.43. The number of carbonyl (C=O) groups is 1. The number of amides is 1. The van der Waals surface area contributed by atoms with Crippen LogP contribution >= 0.6 is 39.9 Å². The Labute approximate surface area is 170 Å². The summed E-state index contributed by atoms with van der Waals surface area (Å²) in [6, 6.07) is 2.08. The number of hydrogen-bond acceptors (Lipinski definition) is 2. The van der Waals surface area contributed by atoms with E-state index in [0.29, 0.717) is 12.5 Å². The molecule has 0 saturated carbocycles. The quantitative estimate of drug-likeness (QED) is 0.361. The Morgan fingerprint density at radius 3 is 2.50 bits per heavy atom. The third kappa shape index (κ3) is 8.36. The maximum atomic E-state index is 11.9. The van der Waals surface area contributed by atoms with E-state index in [4.69, 9.17) is 0 Å². The molecule has 1 amide bonds. The fourth-order valence-electron chi connectivity index (χ4n) is 2.12. The van der Waals surface area contributed by atoms with Gasteiger partial charge in [0.15, 0.2) is 5.96 Å². The van der Waals surface area contributed by atoms with Crippen molar-refractivity contribution in [2.45, 2.75) is 39.8 Å². The maximum Gasteiger partial charge on any atom is 0.242 e. The molecule has 0 aliphatic rings. The van der Waals surface area contributed by atoms with Crippen LogP contribution in [0.1, 0.15) is 33.4 Å². The summed E-state index contributed by atoms with van der Waals surface area (Å²) >= 11 is 3.48. The van der Waals surface area contributed by atoms with Crippen molar-refractivity contribution in [1.29, 1.82) is 0 Å². The minimum atomic E-state index is -0.244. The van der Waals surface area contributed by atoms with Crippen LogP contribution < -0.4 is 10.6 Å². The van der Waals surface area contributed by atoms with Crippen molar-refractivity contribution in [3.8, 4) is 0 Å². The first kappa shape index (κ1) is 23.2. The van der Waals surface area contributed by atoms with Crippen molar-refractivity contribution >= 4 is 51.8 Å². The highest BCUT2D eigenvalue weighted by atomic mass is 127. The third-order valence-corrected chi connectivity index (χ3v) is 3.49. The zero-order chi connectivity index (χ0) is 17.6. The minimum absolute atomic E-state index is 0. The second kappa shape index (κ2) is 10.3. The summed E-state index contributed by atoms with van der Waals surface area (Å²) in [6.45, 7) is 9.45. The number of guanidine groups is 1. The number of aromatic nitrogens is 1. The fourth-order valence-corrected chi connectivity index (χ4v) is 2.69. The molecule has 0 aliphatic heterocycles. The van der Waals surface area contributed by atoms with E-state index in [2.05, 4.69) is 42.2 Å². The highest BCUT2D eigenvalue weighted by molar-refractivity contribution is 14.0. The smallest absolute Gasteiger partial charge is 0.242 e. The van der Waals surface area contributed by atoms with Crippen LogP contribution in [0.5, 0.6) is 0 Å². The van der Waals surface area contributed by atoms with Gasteiger partial charge in [0, 0.05) is 42.5 Å². The molecule has 1 aromatic heterocycles. The Kier molecular flexibility index (Phi) is 9.94. The molecule has 24 heavy (non-hydrogen) atoms. The molecule has 0 saturated heterocycles. The van der Waals surface area contributed by atoms with Gasteiger partial charge in [-0.15, -0.1) is 24.0 Å². The lowest BCUT2D eigenvalue weighted by molar-refractivity contribution is -0.121. The lowest BCUT2D eigenvalue weighted by atomic mass is 10.1. The van der Waals surface area contributed by atoms with E-state index in [1.165, 1.54) is 0 Å². The normalized spacial score (nSPS) is 11.7. The Morgan fingerprint density at radius 2 is 2.04 bits per heavy atom. The van der Waals surface area contributed by atoms with Crippen LogP contribution in [-0.4, -0.2) is 47.0 Å². The van der Waals surface area contributed by atoms with E-state index in [9.17, 15) is 4.79 Å². The van der Waals surface area contributed by atoms with Crippen LogP contribution in [0.4, 0.5) is 0 Å². The molecular weight excluding hydrogens is 485 g/mol. The molecule has 0 radical (unpaired) electrons. The topological polar surface area (TPSA) is 61.7 Å². The van der Waals surface area contributed by atoms with Crippen molar-refractivity contribution in [2.24, 2.45) is 12.0 Å². The summed E-state index contributed by atoms with van der Waals surface area (Å²) in [5.41, 5.74) is 0.913. The third-order valence-electron chi connectivity index (χ3n) is 3.06. The molecule has 138 valence electrons. The number of nitrogens with zero attached hydrogens (tertiary/aromatic N) is 3. The molecule has 1 rings (SSSR count). The average Bonchev–Trinajstić information content (AvgIpc) is 2.70. The first-order valence-corrected chi connectivity index (χ1v) is 8.53. The summed E-state index contributed by atoms with van der Waals surface area (Å²) in [4.78, 5) is 18.4. The van der Waals surface area contributed by atoms with E-state index < -0.39 is 0 Å². The predicted molar refractivity (Wildman–Crippen MR) is 114 cm³/mol. The summed E-state index contributed by atoms with van der Waals surface area (Å²) in [5.74, 6) is 0.636. The van der Waals surface area contributed by atoms with Gasteiger partial charge in [-0.3, -0.25) is 4.79 Å². The molecule has 0 spiro atoms. The van der Waals surface area contributed by atoms with Crippen molar-refractivity contribution in [1.82, 2.24) is 20.1 Å². The first-order chi connectivity index (χ1) is 10.6. The van der Waals surface area contributed by atoms with Gasteiger partial charge in [-0.2, -0.15) is 0 Å². The first-order valence-electron chi connectivity index (χ1n) is 7.73. The SMILES string of the molecule is CCNC(=NCC(=O)NC(C)(C)C)N(C)Cc1cc(Br)cn1C.I. The molecule has 0 aliphatic carbocycles. The summed E-state index contributed by atoms with van der Waals surface area (Å²) in [5, 5.41) is 6.14. The van der Waals surface area contributed by atoms with E-state index >= 15 is 0 Å². The Hall–Kier alpha value is -0.770. The van der Waals surface area contributed by atoms with Crippen LogP contribution in [0.2, 0.25) is 0 Å². The van der Waals surface area contributed by atoms with Crippen LogP contribution in [0.25, 0.3) is 0 Å². The van der Waals surface area contributed by atoms with Crippen LogP contribution in [-0.2, 0) is 18.4 Å². The zero-order valence-corrected chi connectivity index (χ0v) is 19.2. The van der Waals surface area contributed by atoms with Gasteiger partial charge in [-0.05, 0) is 49.7 Å². The minimum Gasteiger partial charge on any atom is -0.357 e. The number of aryl methyl sites for hydroxylation is 1.